The van der Waals surface area contributed by atoms with Gasteiger partial charge in [0.1, 0.15) is 6.73 Å². The molecule has 0 N–H and O–H groups in total. The summed E-state index contributed by atoms with van der Waals surface area (Å²) in [6.45, 7) is 0.632. The normalized spacial score (nSPS) is 10.1. The van der Waals surface area contributed by atoms with Crippen molar-refractivity contribution in [1.29, 1.82) is 0 Å². The van der Waals surface area contributed by atoms with E-state index in [1.54, 1.807) is 18.4 Å². The fourth-order valence-corrected chi connectivity index (χ4v) is 2.08. The summed E-state index contributed by atoms with van der Waals surface area (Å²) in [7, 11) is 3.70. The van der Waals surface area contributed by atoms with E-state index in [4.69, 9.17) is 4.74 Å². The number of halogens is 1. The molecule has 0 aliphatic heterocycles. The van der Waals surface area contributed by atoms with Crippen LogP contribution in [0.4, 0.5) is 5.00 Å². The van der Waals surface area contributed by atoms with Gasteiger partial charge in [-0.3, -0.25) is 0 Å². The minimum atomic E-state index is 0.632. The summed E-state index contributed by atoms with van der Waals surface area (Å²) in [5.41, 5.74) is 0. The van der Waals surface area contributed by atoms with Gasteiger partial charge < -0.3 is 9.64 Å². The van der Waals surface area contributed by atoms with Gasteiger partial charge in [-0.1, -0.05) is 0 Å². The molecule has 0 bridgehead atoms. The number of nitrogens with zero attached hydrogens (tertiary/aromatic N) is 1. The Bertz CT molecular complexity index is 226. The van der Waals surface area contributed by atoms with E-state index in [-0.39, 0.29) is 0 Å². The molecule has 2 nitrogen and oxygen atoms in total. The van der Waals surface area contributed by atoms with E-state index in [9.17, 15) is 0 Å². The van der Waals surface area contributed by atoms with Crippen molar-refractivity contribution in [3.05, 3.63) is 15.9 Å². The lowest BCUT2D eigenvalue weighted by Gasteiger charge is -2.14. The molecule has 0 saturated heterocycles. The third-order valence-electron chi connectivity index (χ3n) is 1.26. The van der Waals surface area contributed by atoms with Gasteiger partial charge in [0.2, 0.25) is 0 Å². The molecule has 1 rings (SSSR count). The molecule has 0 saturated carbocycles. The Hall–Kier alpha value is -0.0600. The summed E-state index contributed by atoms with van der Waals surface area (Å²) in [5.74, 6) is 0. The van der Waals surface area contributed by atoms with Crippen molar-refractivity contribution in [1.82, 2.24) is 0 Å². The molecule has 11 heavy (non-hydrogen) atoms. The largest absolute Gasteiger partial charge is 0.364 e. The molecule has 1 aromatic rings. The second-order valence-electron chi connectivity index (χ2n) is 2.19. The fourth-order valence-electron chi connectivity index (χ4n) is 0.767. The summed E-state index contributed by atoms with van der Waals surface area (Å²) in [6.07, 6.45) is 0. The molecule has 0 atom stereocenters. The first-order chi connectivity index (χ1) is 5.24. The molecule has 62 valence electrons. The van der Waals surface area contributed by atoms with Crippen LogP contribution in [-0.2, 0) is 4.74 Å². The molecule has 0 unspecified atom stereocenters. The maximum Gasteiger partial charge on any atom is 0.118 e. The van der Waals surface area contributed by atoms with Gasteiger partial charge in [0.05, 0.1) is 8.79 Å². The summed E-state index contributed by atoms with van der Waals surface area (Å²) in [5, 5.41) is 1.21. The van der Waals surface area contributed by atoms with E-state index in [1.165, 1.54) is 5.00 Å². The van der Waals surface area contributed by atoms with E-state index in [1.807, 2.05) is 13.1 Å². The molecule has 0 radical (unpaired) electrons. The number of methoxy groups -OCH3 is 1. The number of ether oxygens (including phenoxy) is 1. The molecule has 0 fully saturated rings. The molecule has 0 amide bonds. The second kappa shape index (κ2) is 4.09. The maximum atomic E-state index is 4.98. The Labute approximate surface area is 78.9 Å². The first-order valence-corrected chi connectivity index (χ1v) is 4.80. The van der Waals surface area contributed by atoms with Crippen LogP contribution in [0.3, 0.4) is 0 Å². The summed E-state index contributed by atoms with van der Waals surface area (Å²) in [4.78, 5) is 2.05. The first kappa shape index (κ1) is 9.03. The van der Waals surface area contributed by atoms with E-state index in [0.717, 1.165) is 3.79 Å². The Morgan fingerprint density at radius 3 is 2.82 bits per heavy atom. The molecule has 0 aliphatic rings. The van der Waals surface area contributed by atoms with E-state index < -0.39 is 0 Å². The Balaban J connectivity index is 2.60. The lowest BCUT2D eigenvalue weighted by atomic mass is 10.6. The van der Waals surface area contributed by atoms with Crippen molar-refractivity contribution in [2.24, 2.45) is 0 Å². The average Bonchev–Trinajstić information content (AvgIpc) is 2.36. The van der Waals surface area contributed by atoms with Gasteiger partial charge in [0, 0.05) is 14.2 Å². The third-order valence-corrected chi connectivity index (χ3v) is 3.00. The highest BCUT2D eigenvalue weighted by Crippen LogP contribution is 2.28. The molecule has 0 aliphatic carbocycles. The minimum absolute atomic E-state index is 0.632. The van der Waals surface area contributed by atoms with E-state index in [2.05, 4.69) is 26.9 Å². The Morgan fingerprint density at radius 2 is 2.36 bits per heavy atom. The molecule has 4 heteroatoms. The second-order valence-corrected chi connectivity index (χ2v) is 4.63. The Morgan fingerprint density at radius 1 is 1.64 bits per heavy atom. The predicted octanol–water partition coefficient (Wildman–Crippen LogP) is 2.55. The Kier molecular flexibility index (Phi) is 3.36. The van der Waals surface area contributed by atoms with Gasteiger partial charge in [0.25, 0.3) is 0 Å². The smallest absolute Gasteiger partial charge is 0.118 e. The number of thiophene rings is 1. The van der Waals surface area contributed by atoms with Crippen LogP contribution in [0.15, 0.2) is 15.9 Å². The zero-order valence-corrected chi connectivity index (χ0v) is 8.91. The third kappa shape index (κ3) is 2.47. The van der Waals surface area contributed by atoms with Crippen LogP contribution in [0.5, 0.6) is 0 Å². The number of hydrogen-bond acceptors (Lipinski definition) is 3. The number of anilines is 1. The highest BCUT2D eigenvalue weighted by molar-refractivity contribution is 9.11. The zero-order valence-electron chi connectivity index (χ0n) is 6.50. The minimum Gasteiger partial charge on any atom is -0.364 e. The van der Waals surface area contributed by atoms with Crippen LogP contribution < -0.4 is 4.90 Å². The highest BCUT2D eigenvalue weighted by Gasteiger charge is 2.01. The van der Waals surface area contributed by atoms with Crippen molar-refractivity contribution < 1.29 is 4.74 Å². The van der Waals surface area contributed by atoms with Gasteiger partial charge in [-0.15, -0.1) is 11.3 Å². The van der Waals surface area contributed by atoms with Crippen LogP contribution in [0, 0.1) is 0 Å². The molecule has 1 heterocycles. The van der Waals surface area contributed by atoms with E-state index in [0.29, 0.717) is 6.73 Å². The monoisotopic (exact) mass is 235 g/mol. The zero-order chi connectivity index (χ0) is 8.27. The van der Waals surface area contributed by atoms with Crippen molar-refractivity contribution in [2.45, 2.75) is 0 Å². The van der Waals surface area contributed by atoms with Crippen LogP contribution >= 0.6 is 27.3 Å². The van der Waals surface area contributed by atoms with Crippen molar-refractivity contribution in [3.63, 3.8) is 0 Å². The van der Waals surface area contributed by atoms with Crippen molar-refractivity contribution in [2.75, 3.05) is 25.8 Å². The summed E-state index contributed by atoms with van der Waals surface area (Å²) < 4.78 is 6.13. The van der Waals surface area contributed by atoms with Crippen LogP contribution in [0.2, 0.25) is 0 Å². The first-order valence-electron chi connectivity index (χ1n) is 3.19. The standard InChI is InChI=1S/C7H10BrNOS/c1-9(5-10-2)7-4-3-6(8)11-7/h3-4H,5H2,1-2H3. The molecular formula is C7H10BrNOS. The van der Waals surface area contributed by atoms with Gasteiger partial charge >= 0.3 is 0 Å². The van der Waals surface area contributed by atoms with Gasteiger partial charge in [0.15, 0.2) is 0 Å². The molecule has 0 aromatic carbocycles. The van der Waals surface area contributed by atoms with Gasteiger partial charge in [-0.05, 0) is 28.1 Å². The molecule has 1 aromatic heterocycles. The maximum absolute atomic E-state index is 4.98. The van der Waals surface area contributed by atoms with Gasteiger partial charge in [-0.25, -0.2) is 0 Å². The molecular weight excluding hydrogens is 226 g/mol. The van der Waals surface area contributed by atoms with Crippen LogP contribution in [0.1, 0.15) is 0 Å². The van der Waals surface area contributed by atoms with Crippen molar-refractivity contribution >= 4 is 32.3 Å². The SMILES string of the molecule is COCN(C)c1ccc(Br)s1. The fraction of sp³-hybridized carbons (Fsp3) is 0.429. The van der Waals surface area contributed by atoms with Crippen molar-refractivity contribution in [3.8, 4) is 0 Å². The van der Waals surface area contributed by atoms with Crippen LogP contribution in [0.25, 0.3) is 0 Å². The lowest BCUT2D eigenvalue weighted by Crippen LogP contribution is -2.18. The topological polar surface area (TPSA) is 12.5 Å². The summed E-state index contributed by atoms with van der Waals surface area (Å²) >= 11 is 5.10. The molecule has 0 spiro atoms. The average molecular weight is 236 g/mol. The van der Waals surface area contributed by atoms with Gasteiger partial charge in [-0.2, -0.15) is 0 Å². The van der Waals surface area contributed by atoms with Crippen LogP contribution in [-0.4, -0.2) is 20.9 Å². The number of hydrogen-bond donors (Lipinski definition) is 0. The van der Waals surface area contributed by atoms with E-state index >= 15 is 0 Å². The predicted molar refractivity (Wildman–Crippen MR) is 52.3 cm³/mol. The number of rotatable bonds is 3. The quantitative estimate of drug-likeness (QED) is 0.748. The highest BCUT2D eigenvalue weighted by atomic mass is 79.9. The summed E-state index contributed by atoms with van der Waals surface area (Å²) in [6, 6.07) is 4.10. The lowest BCUT2D eigenvalue weighted by molar-refractivity contribution is 0.202.